The summed E-state index contributed by atoms with van der Waals surface area (Å²) < 4.78 is 13.0. The number of halogens is 1. The minimum atomic E-state index is -0.307. The Morgan fingerprint density at radius 1 is 1.21 bits per heavy atom. The standard InChI is InChI=1S/C24H26FN3O/c1-24-16-27(13-3-6-21(29)17-7-9-18(25)10-8-17)14-11-22(24)28-15-12-26-20-5-2-4-19(24)23(20)28/h2,4-5,7-11,26H,3,6,12-16H2,1H3. The third kappa shape index (κ3) is 3.04. The molecule has 3 aliphatic heterocycles. The van der Waals surface area contributed by atoms with Crippen LogP contribution in [0, 0.1) is 5.82 Å². The molecule has 1 N–H and O–H groups in total. The number of ketones is 1. The number of benzene rings is 2. The van der Waals surface area contributed by atoms with Crippen LogP contribution in [0.1, 0.15) is 35.7 Å². The number of carbonyl (C=O) groups excluding carboxylic acids is 1. The van der Waals surface area contributed by atoms with Crippen LogP contribution in [0.4, 0.5) is 15.8 Å². The van der Waals surface area contributed by atoms with Gasteiger partial charge in [0.05, 0.1) is 11.4 Å². The zero-order valence-electron chi connectivity index (χ0n) is 16.7. The fraction of sp³-hybridized carbons (Fsp3) is 0.375. The van der Waals surface area contributed by atoms with Gasteiger partial charge in [-0.05, 0) is 61.9 Å². The summed E-state index contributed by atoms with van der Waals surface area (Å²) in [6.45, 7) is 7.11. The van der Waals surface area contributed by atoms with Gasteiger partial charge in [-0.1, -0.05) is 12.1 Å². The lowest BCUT2D eigenvalue weighted by Gasteiger charge is -2.39. The fourth-order valence-corrected chi connectivity index (χ4v) is 5.16. The summed E-state index contributed by atoms with van der Waals surface area (Å²) >= 11 is 0. The molecule has 29 heavy (non-hydrogen) atoms. The van der Waals surface area contributed by atoms with Gasteiger partial charge in [-0.15, -0.1) is 0 Å². The molecule has 1 unspecified atom stereocenters. The number of rotatable bonds is 5. The SMILES string of the molecule is CC12CN(CCCC(=O)c3ccc(F)cc3)CC=C1N1CCNc3cccc2c31. The number of anilines is 2. The first kappa shape index (κ1) is 18.4. The Morgan fingerprint density at radius 2 is 2.03 bits per heavy atom. The summed E-state index contributed by atoms with van der Waals surface area (Å²) in [5, 5.41) is 3.53. The third-order valence-electron chi connectivity index (χ3n) is 6.53. The second kappa shape index (κ2) is 6.99. The van der Waals surface area contributed by atoms with Gasteiger partial charge in [0.1, 0.15) is 5.82 Å². The largest absolute Gasteiger partial charge is 0.382 e. The van der Waals surface area contributed by atoms with Crippen molar-refractivity contribution in [3.05, 3.63) is 71.2 Å². The maximum atomic E-state index is 13.0. The molecule has 5 heteroatoms. The van der Waals surface area contributed by atoms with E-state index in [1.54, 1.807) is 12.1 Å². The predicted molar refractivity (Wildman–Crippen MR) is 114 cm³/mol. The van der Waals surface area contributed by atoms with E-state index in [4.69, 9.17) is 0 Å². The van der Waals surface area contributed by atoms with Crippen molar-refractivity contribution in [3.63, 3.8) is 0 Å². The highest BCUT2D eigenvalue weighted by molar-refractivity contribution is 5.96. The van der Waals surface area contributed by atoms with Crippen molar-refractivity contribution < 1.29 is 9.18 Å². The van der Waals surface area contributed by atoms with Gasteiger partial charge in [-0.3, -0.25) is 9.69 Å². The second-order valence-electron chi connectivity index (χ2n) is 8.47. The molecule has 0 bridgehead atoms. The van der Waals surface area contributed by atoms with E-state index in [0.717, 1.165) is 39.1 Å². The minimum absolute atomic E-state index is 0.00339. The van der Waals surface area contributed by atoms with E-state index < -0.39 is 0 Å². The summed E-state index contributed by atoms with van der Waals surface area (Å²) in [7, 11) is 0. The van der Waals surface area contributed by atoms with Crippen LogP contribution in [-0.4, -0.2) is 43.4 Å². The Labute approximate surface area is 171 Å². The van der Waals surface area contributed by atoms with Gasteiger partial charge in [0.15, 0.2) is 5.78 Å². The van der Waals surface area contributed by atoms with E-state index >= 15 is 0 Å². The van der Waals surface area contributed by atoms with Crippen LogP contribution >= 0.6 is 0 Å². The van der Waals surface area contributed by atoms with Crippen LogP contribution in [0.5, 0.6) is 0 Å². The molecule has 5 rings (SSSR count). The molecule has 2 aromatic carbocycles. The highest BCUT2D eigenvalue weighted by Gasteiger charge is 2.47. The number of fused-ring (bicyclic) bond motifs is 3. The third-order valence-corrected chi connectivity index (χ3v) is 6.53. The van der Waals surface area contributed by atoms with E-state index in [1.807, 2.05) is 0 Å². The second-order valence-corrected chi connectivity index (χ2v) is 8.47. The normalized spacial score (nSPS) is 22.6. The first-order valence-electron chi connectivity index (χ1n) is 10.4. The lowest BCUT2D eigenvalue weighted by atomic mass is 9.79. The van der Waals surface area contributed by atoms with Crippen molar-refractivity contribution in [3.8, 4) is 0 Å². The predicted octanol–water partition coefficient (Wildman–Crippen LogP) is 4.19. The molecule has 0 amide bonds. The average molecular weight is 391 g/mol. The molecule has 0 aromatic heterocycles. The first-order valence-corrected chi connectivity index (χ1v) is 10.4. The Kier molecular flexibility index (Phi) is 4.43. The molecule has 0 radical (unpaired) electrons. The molecule has 1 atom stereocenters. The lowest BCUT2D eigenvalue weighted by Crippen LogP contribution is -2.46. The Morgan fingerprint density at radius 3 is 2.86 bits per heavy atom. The summed E-state index contributed by atoms with van der Waals surface area (Å²) in [6, 6.07) is 12.4. The van der Waals surface area contributed by atoms with Gasteiger partial charge in [-0.2, -0.15) is 0 Å². The maximum absolute atomic E-state index is 13.0. The van der Waals surface area contributed by atoms with E-state index in [-0.39, 0.29) is 17.0 Å². The summed E-state index contributed by atoms with van der Waals surface area (Å²) in [5.41, 5.74) is 6.01. The molecule has 4 nitrogen and oxygen atoms in total. The molecule has 3 aliphatic rings. The number of nitrogens with one attached hydrogen (secondary N) is 1. The van der Waals surface area contributed by atoms with Gasteiger partial charge in [0, 0.05) is 49.3 Å². The Bertz CT molecular complexity index is 984. The fourth-order valence-electron chi connectivity index (χ4n) is 5.16. The number of hydrogen-bond acceptors (Lipinski definition) is 4. The molecular weight excluding hydrogens is 365 g/mol. The van der Waals surface area contributed by atoms with Crippen molar-refractivity contribution in [1.29, 1.82) is 0 Å². The molecule has 0 spiro atoms. The van der Waals surface area contributed by atoms with Crippen LogP contribution < -0.4 is 10.2 Å². The quantitative estimate of drug-likeness (QED) is 0.776. The van der Waals surface area contributed by atoms with Crippen LogP contribution in [0.3, 0.4) is 0 Å². The van der Waals surface area contributed by atoms with Gasteiger partial charge in [-0.25, -0.2) is 4.39 Å². The zero-order valence-corrected chi connectivity index (χ0v) is 16.7. The van der Waals surface area contributed by atoms with Gasteiger partial charge in [0.25, 0.3) is 0 Å². The monoisotopic (exact) mass is 391 g/mol. The lowest BCUT2D eigenvalue weighted by molar-refractivity contribution is 0.0974. The van der Waals surface area contributed by atoms with Crippen LogP contribution in [-0.2, 0) is 5.41 Å². The van der Waals surface area contributed by atoms with Crippen molar-refractivity contribution >= 4 is 17.2 Å². The molecule has 150 valence electrons. The van der Waals surface area contributed by atoms with Crippen molar-refractivity contribution in [2.75, 3.05) is 42.9 Å². The number of carbonyl (C=O) groups is 1. The smallest absolute Gasteiger partial charge is 0.162 e. The summed E-state index contributed by atoms with van der Waals surface area (Å²) in [5.74, 6) is -0.220. The highest BCUT2D eigenvalue weighted by atomic mass is 19.1. The van der Waals surface area contributed by atoms with E-state index in [2.05, 4.69) is 46.3 Å². The first-order chi connectivity index (χ1) is 14.1. The maximum Gasteiger partial charge on any atom is 0.162 e. The van der Waals surface area contributed by atoms with E-state index in [1.165, 1.54) is 34.8 Å². The van der Waals surface area contributed by atoms with Crippen LogP contribution in [0.2, 0.25) is 0 Å². The number of hydrogen-bond donors (Lipinski definition) is 1. The van der Waals surface area contributed by atoms with Crippen molar-refractivity contribution in [1.82, 2.24) is 4.90 Å². The molecule has 3 heterocycles. The van der Waals surface area contributed by atoms with Gasteiger partial charge >= 0.3 is 0 Å². The number of Topliss-reactive ketones (excluding diaryl/α,β-unsaturated/α-hetero) is 1. The number of para-hydroxylation sites is 1. The summed E-state index contributed by atoms with van der Waals surface area (Å²) in [4.78, 5) is 17.3. The van der Waals surface area contributed by atoms with E-state index in [9.17, 15) is 9.18 Å². The molecule has 0 saturated carbocycles. The van der Waals surface area contributed by atoms with Gasteiger partial charge < -0.3 is 10.2 Å². The topological polar surface area (TPSA) is 35.6 Å². The molecule has 0 saturated heterocycles. The minimum Gasteiger partial charge on any atom is -0.382 e. The molecule has 0 aliphatic carbocycles. The molecule has 2 aromatic rings. The molecule has 0 fully saturated rings. The van der Waals surface area contributed by atoms with E-state index in [0.29, 0.717) is 12.0 Å². The Balaban J connectivity index is 1.27. The van der Waals surface area contributed by atoms with Crippen LogP contribution in [0.25, 0.3) is 0 Å². The van der Waals surface area contributed by atoms with Gasteiger partial charge in [0.2, 0.25) is 0 Å². The number of nitrogens with zero attached hydrogens (tertiary/aromatic N) is 2. The Hall–Kier alpha value is -2.66. The van der Waals surface area contributed by atoms with Crippen LogP contribution in [0.15, 0.2) is 54.2 Å². The van der Waals surface area contributed by atoms with Crippen molar-refractivity contribution in [2.24, 2.45) is 0 Å². The molecular formula is C24H26FN3O. The average Bonchev–Trinajstić information content (AvgIpc) is 2.98. The summed E-state index contributed by atoms with van der Waals surface area (Å²) in [6.07, 6.45) is 3.68. The highest BCUT2D eigenvalue weighted by Crippen LogP contribution is 2.53. The van der Waals surface area contributed by atoms with Crippen molar-refractivity contribution in [2.45, 2.75) is 25.2 Å². The zero-order chi connectivity index (χ0) is 20.0.